The van der Waals surface area contributed by atoms with Crippen molar-refractivity contribution >= 4 is 5.91 Å². The van der Waals surface area contributed by atoms with Gasteiger partial charge in [0.05, 0.1) is 19.2 Å². The van der Waals surface area contributed by atoms with Crippen molar-refractivity contribution in [3.05, 3.63) is 65.5 Å². The highest BCUT2D eigenvalue weighted by atomic mass is 19.1. The lowest BCUT2D eigenvalue weighted by molar-refractivity contribution is -0.123. The molecule has 0 heterocycles. The molecule has 0 saturated carbocycles. The zero-order chi connectivity index (χ0) is 16.8. The van der Waals surface area contributed by atoms with E-state index in [9.17, 15) is 9.18 Å². The van der Waals surface area contributed by atoms with Crippen LogP contribution in [0.5, 0.6) is 5.75 Å². The maximum Gasteiger partial charge on any atom is 0.237 e. The quantitative estimate of drug-likeness (QED) is 0.861. The van der Waals surface area contributed by atoms with E-state index in [1.165, 1.54) is 25.3 Å². The lowest BCUT2D eigenvalue weighted by Gasteiger charge is -2.20. The molecular formula is C18H21FN2O2. The Morgan fingerprint density at radius 2 is 1.96 bits per heavy atom. The average Bonchev–Trinajstić information content (AvgIpc) is 2.55. The van der Waals surface area contributed by atoms with Gasteiger partial charge >= 0.3 is 0 Å². The number of benzene rings is 2. The van der Waals surface area contributed by atoms with Gasteiger partial charge < -0.3 is 15.8 Å². The van der Waals surface area contributed by atoms with Crippen molar-refractivity contribution in [2.45, 2.75) is 25.4 Å². The van der Waals surface area contributed by atoms with Gasteiger partial charge in [-0.05, 0) is 37.1 Å². The molecule has 0 aliphatic rings. The molecule has 0 bridgehead atoms. The van der Waals surface area contributed by atoms with Gasteiger partial charge in [0, 0.05) is 5.56 Å². The molecule has 0 aliphatic heterocycles. The minimum Gasteiger partial charge on any atom is -0.496 e. The smallest absolute Gasteiger partial charge is 0.237 e. The van der Waals surface area contributed by atoms with Gasteiger partial charge in [-0.25, -0.2) is 4.39 Å². The number of nitrogens with one attached hydrogen (secondary N) is 1. The summed E-state index contributed by atoms with van der Waals surface area (Å²) in [6.45, 7) is 1.77. The zero-order valence-electron chi connectivity index (χ0n) is 13.3. The van der Waals surface area contributed by atoms with Gasteiger partial charge in [0.25, 0.3) is 0 Å². The number of hydrogen-bond donors (Lipinski definition) is 2. The summed E-state index contributed by atoms with van der Waals surface area (Å²) >= 11 is 0. The molecule has 2 aromatic carbocycles. The van der Waals surface area contributed by atoms with Crippen LogP contribution in [0.1, 0.15) is 24.1 Å². The number of halogens is 1. The zero-order valence-corrected chi connectivity index (χ0v) is 13.3. The highest BCUT2D eigenvalue weighted by Gasteiger charge is 2.19. The van der Waals surface area contributed by atoms with E-state index in [4.69, 9.17) is 10.5 Å². The molecule has 0 aliphatic carbocycles. The summed E-state index contributed by atoms with van der Waals surface area (Å²) in [6.07, 6.45) is 0.444. The van der Waals surface area contributed by atoms with Gasteiger partial charge in [-0.1, -0.05) is 30.3 Å². The Morgan fingerprint density at radius 3 is 2.61 bits per heavy atom. The van der Waals surface area contributed by atoms with Crippen molar-refractivity contribution in [3.8, 4) is 5.75 Å². The van der Waals surface area contributed by atoms with E-state index in [1.807, 2.05) is 30.3 Å². The van der Waals surface area contributed by atoms with E-state index in [2.05, 4.69) is 5.32 Å². The Hall–Kier alpha value is -2.40. The highest BCUT2D eigenvalue weighted by Crippen LogP contribution is 2.25. The fraction of sp³-hybridized carbons (Fsp3) is 0.278. The summed E-state index contributed by atoms with van der Waals surface area (Å²) in [4.78, 5) is 12.2. The number of carbonyl (C=O) groups is 1. The molecule has 2 aromatic rings. The number of hydrogen-bond acceptors (Lipinski definition) is 3. The van der Waals surface area contributed by atoms with Crippen LogP contribution in [0.3, 0.4) is 0 Å². The predicted octanol–water partition coefficient (Wildman–Crippen LogP) is 2.58. The monoisotopic (exact) mass is 316 g/mol. The van der Waals surface area contributed by atoms with E-state index < -0.39 is 12.1 Å². The number of rotatable bonds is 6. The minimum atomic E-state index is -0.667. The number of nitrogens with two attached hydrogens (primary N) is 1. The molecule has 5 heteroatoms. The Labute approximate surface area is 135 Å². The van der Waals surface area contributed by atoms with E-state index in [0.717, 1.165) is 5.56 Å². The van der Waals surface area contributed by atoms with Gasteiger partial charge in [0.2, 0.25) is 5.91 Å². The number of amides is 1. The second kappa shape index (κ2) is 7.74. The predicted molar refractivity (Wildman–Crippen MR) is 87.6 cm³/mol. The fourth-order valence-electron chi connectivity index (χ4n) is 2.40. The van der Waals surface area contributed by atoms with Gasteiger partial charge in [0.1, 0.15) is 11.6 Å². The van der Waals surface area contributed by atoms with Crippen molar-refractivity contribution in [1.29, 1.82) is 0 Å². The molecule has 0 saturated heterocycles. The average molecular weight is 316 g/mol. The van der Waals surface area contributed by atoms with Crippen LogP contribution >= 0.6 is 0 Å². The number of carbonyl (C=O) groups excluding carboxylic acids is 1. The van der Waals surface area contributed by atoms with Crippen LogP contribution in [0, 0.1) is 5.82 Å². The molecule has 0 fully saturated rings. The highest BCUT2D eigenvalue weighted by molar-refractivity contribution is 5.82. The van der Waals surface area contributed by atoms with Crippen LogP contribution in [0.2, 0.25) is 0 Å². The molecule has 2 rings (SSSR count). The van der Waals surface area contributed by atoms with Crippen LogP contribution in [0.25, 0.3) is 0 Å². The Balaban J connectivity index is 2.03. The summed E-state index contributed by atoms with van der Waals surface area (Å²) in [5.74, 6) is -0.140. The molecule has 0 aromatic heterocycles. The first kappa shape index (κ1) is 17.0. The summed E-state index contributed by atoms with van der Waals surface area (Å²) in [7, 11) is 1.51. The molecular weight excluding hydrogens is 295 g/mol. The van der Waals surface area contributed by atoms with E-state index in [1.54, 1.807) is 6.92 Å². The van der Waals surface area contributed by atoms with E-state index in [0.29, 0.717) is 17.7 Å². The van der Waals surface area contributed by atoms with Crippen LogP contribution in [0.15, 0.2) is 48.5 Å². The van der Waals surface area contributed by atoms with Crippen LogP contribution < -0.4 is 15.8 Å². The Morgan fingerprint density at radius 1 is 1.26 bits per heavy atom. The molecule has 23 heavy (non-hydrogen) atoms. The molecule has 2 atom stereocenters. The summed E-state index contributed by atoms with van der Waals surface area (Å²) in [6, 6.07) is 12.7. The lowest BCUT2D eigenvalue weighted by atomic mass is 10.0. The first-order valence-electron chi connectivity index (χ1n) is 7.44. The van der Waals surface area contributed by atoms with Gasteiger partial charge in [-0.2, -0.15) is 0 Å². The van der Waals surface area contributed by atoms with Gasteiger partial charge in [-0.3, -0.25) is 4.79 Å². The molecule has 122 valence electrons. The Kier molecular flexibility index (Phi) is 5.71. The molecule has 1 amide bonds. The first-order chi connectivity index (χ1) is 11.0. The number of ether oxygens (including phenoxy) is 1. The normalized spacial score (nSPS) is 13.2. The van der Waals surface area contributed by atoms with Crippen molar-refractivity contribution in [2.75, 3.05) is 7.11 Å². The summed E-state index contributed by atoms with van der Waals surface area (Å²) in [5.41, 5.74) is 7.53. The minimum absolute atomic E-state index is 0.285. The van der Waals surface area contributed by atoms with Crippen molar-refractivity contribution in [1.82, 2.24) is 5.32 Å². The van der Waals surface area contributed by atoms with Crippen molar-refractivity contribution in [3.63, 3.8) is 0 Å². The van der Waals surface area contributed by atoms with Crippen LogP contribution in [-0.2, 0) is 11.2 Å². The topological polar surface area (TPSA) is 64.3 Å². The van der Waals surface area contributed by atoms with Crippen molar-refractivity contribution in [2.24, 2.45) is 5.73 Å². The standard InChI is InChI=1S/C18H21FN2O2/c1-12(15-11-14(19)8-9-17(15)23-2)21-18(22)16(20)10-13-6-4-3-5-7-13/h3-9,11-12,16H,10,20H2,1-2H3,(H,21,22). The van der Waals surface area contributed by atoms with Crippen LogP contribution in [0.4, 0.5) is 4.39 Å². The van der Waals surface area contributed by atoms with Crippen molar-refractivity contribution < 1.29 is 13.9 Å². The second-order valence-electron chi connectivity index (χ2n) is 5.41. The van der Waals surface area contributed by atoms with Gasteiger partial charge in [-0.15, -0.1) is 0 Å². The fourth-order valence-corrected chi connectivity index (χ4v) is 2.40. The van der Waals surface area contributed by atoms with E-state index >= 15 is 0 Å². The summed E-state index contributed by atoms with van der Waals surface area (Å²) in [5, 5.41) is 2.81. The van der Waals surface area contributed by atoms with Gasteiger partial charge in [0.15, 0.2) is 0 Å². The molecule has 0 spiro atoms. The third-order valence-corrected chi connectivity index (χ3v) is 3.65. The lowest BCUT2D eigenvalue weighted by Crippen LogP contribution is -2.43. The third kappa shape index (κ3) is 4.53. The SMILES string of the molecule is COc1ccc(F)cc1C(C)NC(=O)C(N)Cc1ccccc1. The summed E-state index contributed by atoms with van der Waals surface area (Å²) < 4.78 is 18.6. The van der Waals surface area contributed by atoms with Crippen LogP contribution in [-0.4, -0.2) is 19.1 Å². The molecule has 0 radical (unpaired) electrons. The Bertz CT molecular complexity index is 661. The molecule has 4 nitrogen and oxygen atoms in total. The number of methoxy groups -OCH3 is 1. The largest absolute Gasteiger partial charge is 0.496 e. The van der Waals surface area contributed by atoms with E-state index in [-0.39, 0.29) is 11.7 Å². The third-order valence-electron chi connectivity index (χ3n) is 3.65. The maximum absolute atomic E-state index is 13.4. The first-order valence-corrected chi connectivity index (χ1v) is 7.44. The second-order valence-corrected chi connectivity index (χ2v) is 5.41. The molecule has 3 N–H and O–H groups in total. The maximum atomic E-state index is 13.4. The molecule has 2 unspecified atom stereocenters.